The number of anilines is 1. The Bertz CT molecular complexity index is 902. The van der Waals surface area contributed by atoms with Crippen molar-refractivity contribution < 1.29 is 9.53 Å². The lowest BCUT2D eigenvalue weighted by Crippen LogP contribution is -2.16. The van der Waals surface area contributed by atoms with Crippen LogP contribution in [0.25, 0.3) is 21.6 Å². The maximum atomic E-state index is 12.5. The first-order chi connectivity index (χ1) is 12.3. The minimum Gasteiger partial charge on any atom is -0.462 e. The van der Waals surface area contributed by atoms with Crippen LogP contribution in [0.15, 0.2) is 36.4 Å². The van der Waals surface area contributed by atoms with Crippen LogP contribution in [-0.4, -0.2) is 35.6 Å². The Morgan fingerprint density at radius 2 is 1.96 bits per heavy atom. The smallest absolute Gasteiger partial charge is 0.339 e. The highest BCUT2D eigenvalue weighted by Gasteiger charge is 2.22. The van der Waals surface area contributed by atoms with Gasteiger partial charge in [-0.1, -0.05) is 41.7 Å². The molecule has 1 aromatic carbocycles. The molecule has 128 valence electrons. The molecule has 2 aromatic heterocycles. The first-order valence-corrected chi connectivity index (χ1v) is 9.37. The Labute approximate surface area is 150 Å². The van der Waals surface area contributed by atoms with E-state index in [1.165, 1.54) is 24.2 Å². The van der Waals surface area contributed by atoms with Gasteiger partial charge in [0, 0.05) is 18.7 Å². The average molecular weight is 353 g/mol. The third kappa shape index (κ3) is 3.09. The molecule has 4 rings (SSSR count). The Kier molecular flexibility index (Phi) is 4.36. The van der Waals surface area contributed by atoms with E-state index >= 15 is 0 Å². The van der Waals surface area contributed by atoms with Gasteiger partial charge in [-0.25, -0.2) is 9.78 Å². The van der Waals surface area contributed by atoms with E-state index in [4.69, 9.17) is 14.7 Å². The van der Waals surface area contributed by atoms with E-state index in [2.05, 4.69) is 4.90 Å². The van der Waals surface area contributed by atoms with Gasteiger partial charge in [0.1, 0.15) is 0 Å². The molecule has 0 atom stereocenters. The highest BCUT2D eigenvalue weighted by molar-refractivity contribution is 7.22. The number of benzene rings is 1. The molecule has 3 aromatic rings. The van der Waals surface area contributed by atoms with Crippen LogP contribution in [0.2, 0.25) is 0 Å². The number of carbonyl (C=O) groups is 1. The van der Waals surface area contributed by atoms with E-state index in [9.17, 15) is 4.79 Å². The molecule has 5 nitrogen and oxygen atoms in total. The molecule has 0 unspecified atom stereocenters. The van der Waals surface area contributed by atoms with Gasteiger partial charge in [0.15, 0.2) is 10.8 Å². The molecule has 0 N–H and O–H groups in total. The van der Waals surface area contributed by atoms with Gasteiger partial charge in [-0.15, -0.1) is 0 Å². The molecule has 6 heteroatoms. The summed E-state index contributed by atoms with van der Waals surface area (Å²) in [4.78, 5) is 24.2. The van der Waals surface area contributed by atoms with Crippen LogP contribution in [0.4, 0.5) is 5.13 Å². The summed E-state index contributed by atoms with van der Waals surface area (Å²) in [5.74, 6) is -0.316. The molecule has 1 aliphatic rings. The number of hydrogen-bond acceptors (Lipinski definition) is 6. The number of thiazole rings is 1. The van der Waals surface area contributed by atoms with Gasteiger partial charge >= 0.3 is 5.97 Å². The average Bonchev–Trinajstić information content (AvgIpc) is 3.31. The van der Waals surface area contributed by atoms with Crippen molar-refractivity contribution in [1.29, 1.82) is 0 Å². The number of rotatable bonds is 4. The Morgan fingerprint density at radius 1 is 1.20 bits per heavy atom. The van der Waals surface area contributed by atoms with E-state index in [0.29, 0.717) is 17.8 Å². The molecule has 1 fully saturated rings. The number of esters is 1. The first-order valence-electron chi connectivity index (χ1n) is 8.55. The van der Waals surface area contributed by atoms with Crippen LogP contribution < -0.4 is 4.90 Å². The fourth-order valence-corrected chi connectivity index (χ4v) is 4.12. The Balaban J connectivity index is 1.86. The molecule has 1 saturated heterocycles. The quantitative estimate of drug-likeness (QED) is 0.660. The minimum atomic E-state index is -0.316. The van der Waals surface area contributed by atoms with Gasteiger partial charge in [0.2, 0.25) is 0 Å². The number of carbonyl (C=O) groups excluding carboxylic acids is 1. The summed E-state index contributed by atoms with van der Waals surface area (Å²) >= 11 is 1.53. The molecule has 1 aliphatic heterocycles. The SMILES string of the molecule is CCOC(=O)c1cc(-c2ccccc2)nc2nc(N3CCCC3)sc12. The van der Waals surface area contributed by atoms with E-state index < -0.39 is 0 Å². The van der Waals surface area contributed by atoms with Crippen molar-refractivity contribution in [2.75, 3.05) is 24.6 Å². The maximum absolute atomic E-state index is 12.5. The van der Waals surface area contributed by atoms with Gasteiger partial charge in [-0.2, -0.15) is 4.98 Å². The van der Waals surface area contributed by atoms with Gasteiger partial charge in [-0.05, 0) is 25.8 Å². The topological polar surface area (TPSA) is 55.3 Å². The molecule has 3 heterocycles. The molecule has 0 spiro atoms. The third-order valence-electron chi connectivity index (χ3n) is 4.29. The molecule has 0 radical (unpaired) electrons. The zero-order valence-corrected chi connectivity index (χ0v) is 14.9. The van der Waals surface area contributed by atoms with Gasteiger partial charge in [0.05, 0.1) is 22.6 Å². The highest BCUT2D eigenvalue weighted by Crippen LogP contribution is 2.34. The van der Waals surface area contributed by atoms with Gasteiger partial charge in [0.25, 0.3) is 0 Å². The normalized spacial score (nSPS) is 14.2. The van der Waals surface area contributed by atoms with Crippen molar-refractivity contribution in [2.45, 2.75) is 19.8 Å². The maximum Gasteiger partial charge on any atom is 0.339 e. The number of ether oxygens (including phenoxy) is 1. The fraction of sp³-hybridized carbons (Fsp3) is 0.316. The Morgan fingerprint density at radius 3 is 2.68 bits per heavy atom. The standard InChI is InChI=1S/C19H19N3O2S/c1-2-24-18(23)14-12-15(13-8-4-3-5-9-13)20-17-16(14)25-19(21-17)22-10-6-7-11-22/h3-5,8-9,12H,2,6-7,10-11H2,1H3. The lowest BCUT2D eigenvalue weighted by Gasteiger charge is -2.11. The number of nitrogens with zero attached hydrogens (tertiary/aromatic N) is 3. The van der Waals surface area contributed by atoms with Crippen LogP contribution >= 0.6 is 11.3 Å². The summed E-state index contributed by atoms with van der Waals surface area (Å²) in [5.41, 5.74) is 2.88. The monoisotopic (exact) mass is 353 g/mol. The highest BCUT2D eigenvalue weighted by atomic mass is 32.1. The second-order valence-electron chi connectivity index (χ2n) is 5.98. The molecule has 0 amide bonds. The van der Waals surface area contributed by atoms with Crippen LogP contribution in [-0.2, 0) is 4.74 Å². The molecule has 0 bridgehead atoms. The second kappa shape index (κ2) is 6.80. The van der Waals surface area contributed by atoms with E-state index in [1.54, 1.807) is 0 Å². The lowest BCUT2D eigenvalue weighted by molar-refractivity contribution is 0.0529. The third-order valence-corrected chi connectivity index (χ3v) is 5.43. The van der Waals surface area contributed by atoms with Gasteiger partial charge < -0.3 is 9.64 Å². The Hall–Kier alpha value is -2.47. The van der Waals surface area contributed by atoms with Crippen molar-refractivity contribution in [3.8, 4) is 11.3 Å². The first kappa shape index (κ1) is 16.0. The predicted octanol–water partition coefficient (Wildman–Crippen LogP) is 4.14. The summed E-state index contributed by atoms with van der Waals surface area (Å²) in [7, 11) is 0. The summed E-state index contributed by atoms with van der Waals surface area (Å²) in [6, 6.07) is 11.7. The number of fused-ring (bicyclic) bond motifs is 1. The van der Waals surface area contributed by atoms with Crippen molar-refractivity contribution in [3.05, 3.63) is 42.0 Å². The molecular weight excluding hydrogens is 334 g/mol. The van der Waals surface area contributed by atoms with Gasteiger partial charge in [-0.3, -0.25) is 0 Å². The summed E-state index contributed by atoms with van der Waals surface area (Å²) in [6.07, 6.45) is 2.37. The van der Waals surface area contributed by atoms with Crippen LogP contribution in [0.5, 0.6) is 0 Å². The van der Waals surface area contributed by atoms with E-state index in [0.717, 1.165) is 34.2 Å². The molecular formula is C19H19N3O2S. The molecule has 25 heavy (non-hydrogen) atoms. The number of aromatic nitrogens is 2. The summed E-state index contributed by atoms with van der Waals surface area (Å²) in [6.45, 7) is 4.19. The van der Waals surface area contributed by atoms with Crippen LogP contribution in [0.3, 0.4) is 0 Å². The molecule has 0 saturated carbocycles. The van der Waals surface area contributed by atoms with Crippen LogP contribution in [0.1, 0.15) is 30.1 Å². The van der Waals surface area contributed by atoms with Crippen molar-refractivity contribution >= 4 is 32.8 Å². The zero-order valence-electron chi connectivity index (χ0n) is 14.1. The number of pyridine rings is 1. The molecule has 0 aliphatic carbocycles. The summed E-state index contributed by atoms with van der Waals surface area (Å²) in [5, 5.41) is 0.941. The predicted molar refractivity (Wildman–Crippen MR) is 100 cm³/mol. The minimum absolute atomic E-state index is 0.316. The number of hydrogen-bond donors (Lipinski definition) is 0. The zero-order chi connectivity index (χ0) is 17.2. The fourth-order valence-electron chi connectivity index (χ4n) is 3.06. The summed E-state index contributed by atoms with van der Waals surface area (Å²) < 4.78 is 6.07. The van der Waals surface area contributed by atoms with E-state index in [1.807, 2.05) is 43.3 Å². The van der Waals surface area contributed by atoms with Crippen LogP contribution in [0, 0.1) is 0 Å². The largest absolute Gasteiger partial charge is 0.462 e. The lowest BCUT2D eigenvalue weighted by atomic mass is 10.1. The van der Waals surface area contributed by atoms with Crippen molar-refractivity contribution in [2.24, 2.45) is 0 Å². The van der Waals surface area contributed by atoms with E-state index in [-0.39, 0.29) is 5.97 Å². The second-order valence-corrected chi connectivity index (χ2v) is 6.96. The van der Waals surface area contributed by atoms with Crippen molar-refractivity contribution in [3.63, 3.8) is 0 Å². The van der Waals surface area contributed by atoms with Crippen molar-refractivity contribution in [1.82, 2.24) is 9.97 Å².